The summed E-state index contributed by atoms with van der Waals surface area (Å²) < 4.78 is 1.91. The first kappa shape index (κ1) is 17.3. The Bertz CT molecular complexity index is 451. The van der Waals surface area contributed by atoms with Crippen LogP contribution in [0.3, 0.4) is 0 Å². The highest BCUT2D eigenvalue weighted by atomic mass is 35.5. The Hall–Kier alpha value is -0.800. The highest BCUT2D eigenvalue weighted by Crippen LogP contribution is 2.29. The van der Waals surface area contributed by atoms with E-state index in [9.17, 15) is 0 Å². The van der Waals surface area contributed by atoms with Gasteiger partial charge in [0.25, 0.3) is 0 Å². The maximum atomic E-state index is 6.44. The molecule has 0 aliphatic carbocycles. The smallest absolute Gasteiger partial charge is 0.0850 e. The van der Waals surface area contributed by atoms with Crippen molar-refractivity contribution in [2.75, 3.05) is 13.1 Å². The molecule has 1 aromatic rings. The van der Waals surface area contributed by atoms with Crippen molar-refractivity contribution < 1.29 is 0 Å². The van der Waals surface area contributed by atoms with Crippen LogP contribution >= 0.6 is 11.6 Å². The predicted octanol–water partition coefficient (Wildman–Crippen LogP) is 3.62. The van der Waals surface area contributed by atoms with Gasteiger partial charge in [-0.05, 0) is 18.9 Å². The first-order valence-corrected chi connectivity index (χ1v) is 7.75. The van der Waals surface area contributed by atoms with Gasteiger partial charge in [-0.25, -0.2) is 0 Å². The van der Waals surface area contributed by atoms with Gasteiger partial charge in [0.2, 0.25) is 0 Å². The minimum absolute atomic E-state index is 0.0165. The van der Waals surface area contributed by atoms with Gasteiger partial charge in [-0.2, -0.15) is 5.10 Å². The molecular formula is C16H28ClN3. The van der Waals surface area contributed by atoms with Gasteiger partial charge in [-0.3, -0.25) is 4.68 Å². The van der Waals surface area contributed by atoms with Gasteiger partial charge < -0.3 is 5.32 Å². The SMILES string of the molecule is C=CC(C)(CNCC(C)C)Cc1c(Cl)c(CC)nn1C. The zero-order valence-electron chi connectivity index (χ0n) is 13.5. The highest BCUT2D eigenvalue weighted by Gasteiger charge is 2.25. The lowest BCUT2D eigenvalue weighted by molar-refractivity contribution is 0.369. The van der Waals surface area contributed by atoms with Crippen molar-refractivity contribution in [2.24, 2.45) is 18.4 Å². The maximum Gasteiger partial charge on any atom is 0.0850 e. The summed E-state index contributed by atoms with van der Waals surface area (Å²) in [5.74, 6) is 0.649. The van der Waals surface area contributed by atoms with Crippen LogP contribution in [0.5, 0.6) is 0 Å². The molecule has 1 heterocycles. The summed E-state index contributed by atoms with van der Waals surface area (Å²) in [6.45, 7) is 14.6. The fourth-order valence-corrected chi connectivity index (χ4v) is 2.61. The summed E-state index contributed by atoms with van der Waals surface area (Å²) in [4.78, 5) is 0. The summed E-state index contributed by atoms with van der Waals surface area (Å²) in [5, 5.41) is 8.81. The van der Waals surface area contributed by atoms with Gasteiger partial charge in [0.1, 0.15) is 0 Å². The average Bonchev–Trinajstić information content (AvgIpc) is 2.65. The Morgan fingerprint density at radius 2 is 2.15 bits per heavy atom. The Kier molecular flexibility index (Phi) is 6.28. The van der Waals surface area contributed by atoms with Crippen molar-refractivity contribution in [2.45, 2.75) is 40.5 Å². The van der Waals surface area contributed by atoms with Crippen LogP contribution in [0.2, 0.25) is 5.02 Å². The van der Waals surface area contributed by atoms with Crippen molar-refractivity contribution in [3.63, 3.8) is 0 Å². The Labute approximate surface area is 128 Å². The van der Waals surface area contributed by atoms with Gasteiger partial charge in [-0.15, -0.1) is 6.58 Å². The number of aromatic nitrogens is 2. The van der Waals surface area contributed by atoms with E-state index in [-0.39, 0.29) is 5.41 Å². The first-order valence-electron chi connectivity index (χ1n) is 7.37. The molecule has 0 aliphatic rings. The molecule has 0 bridgehead atoms. The van der Waals surface area contributed by atoms with Crippen LogP contribution < -0.4 is 5.32 Å². The second kappa shape index (κ2) is 7.28. The molecule has 0 saturated carbocycles. The fourth-order valence-electron chi connectivity index (χ4n) is 2.25. The van der Waals surface area contributed by atoms with Crippen LogP contribution in [-0.2, 0) is 19.9 Å². The topological polar surface area (TPSA) is 29.9 Å². The number of aryl methyl sites for hydroxylation is 2. The third kappa shape index (κ3) is 4.35. The molecule has 3 nitrogen and oxygen atoms in total. The molecule has 4 heteroatoms. The molecular weight excluding hydrogens is 270 g/mol. The summed E-state index contributed by atoms with van der Waals surface area (Å²) in [6.07, 6.45) is 3.74. The number of halogens is 1. The Morgan fingerprint density at radius 1 is 1.50 bits per heavy atom. The van der Waals surface area contributed by atoms with Gasteiger partial charge >= 0.3 is 0 Å². The summed E-state index contributed by atoms with van der Waals surface area (Å²) in [7, 11) is 1.96. The second-order valence-corrected chi connectivity index (χ2v) is 6.62. The Balaban J connectivity index is 2.82. The van der Waals surface area contributed by atoms with E-state index in [0.717, 1.165) is 42.3 Å². The van der Waals surface area contributed by atoms with Crippen LogP contribution in [0.25, 0.3) is 0 Å². The molecule has 0 fully saturated rings. The summed E-state index contributed by atoms with van der Waals surface area (Å²) in [5.41, 5.74) is 2.06. The molecule has 0 aliphatic heterocycles. The molecule has 1 unspecified atom stereocenters. The van der Waals surface area contributed by atoms with E-state index in [2.05, 4.69) is 44.7 Å². The largest absolute Gasteiger partial charge is 0.316 e. The van der Waals surface area contributed by atoms with Crippen LogP contribution in [0.4, 0.5) is 0 Å². The zero-order valence-corrected chi connectivity index (χ0v) is 14.2. The van der Waals surface area contributed by atoms with Crippen molar-refractivity contribution in [1.82, 2.24) is 15.1 Å². The molecule has 0 radical (unpaired) electrons. The van der Waals surface area contributed by atoms with Crippen LogP contribution in [0, 0.1) is 11.3 Å². The third-order valence-electron chi connectivity index (χ3n) is 3.65. The first-order chi connectivity index (χ1) is 9.33. The van der Waals surface area contributed by atoms with Crippen molar-refractivity contribution in [3.8, 4) is 0 Å². The van der Waals surface area contributed by atoms with Crippen LogP contribution in [0.15, 0.2) is 12.7 Å². The number of nitrogens with one attached hydrogen (secondary N) is 1. The molecule has 20 heavy (non-hydrogen) atoms. The molecule has 0 amide bonds. The zero-order chi connectivity index (χ0) is 15.3. The monoisotopic (exact) mass is 297 g/mol. The van der Waals surface area contributed by atoms with E-state index in [0.29, 0.717) is 5.92 Å². The standard InChI is InChI=1S/C16H28ClN3/c1-7-13-15(17)14(20(6)19-13)9-16(5,8-2)11-18-10-12(3)4/h8,12,18H,2,7,9-11H2,1,3-6H3. The quantitative estimate of drug-likeness (QED) is 0.743. The van der Waals surface area contributed by atoms with E-state index < -0.39 is 0 Å². The van der Waals surface area contributed by atoms with E-state index in [4.69, 9.17) is 11.6 Å². The van der Waals surface area contributed by atoms with Crippen molar-refractivity contribution >= 4 is 11.6 Å². The average molecular weight is 298 g/mol. The van der Waals surface area contributed by atoms with Gasteiger partial charge in [0, 0.05) is 25.4 Å². The third-order valence-corrected chi connectivity index (χ3v) is 4.08. The van der Waals surface area contributed by atoms with Crippen LogP contribution in [-0.4, -0.2) is 22.9 Å². The lowest BCUT2D eigenvalue weighted by Gasteiger charge is -2.27. The van der Waals surface area contributed by atoms with Gasteiger partial charge in [-0.1, -0.05) is 45.4 Å². The molecule has 0 spiro atoms. The van der Waals surface area contributed by atoms with Crippen molar-refractivity contribution in [3.05, 3.63) is 29.1 Å². The summed E-state index contributed by atoms with van der Waals surface area (Å²) >= 11 is 6.44. The Morgan fingerprint density at radius 3 is 2.60 bits per heavy atom. The second-order valence-electron chi connectivity index (χ2n) is 6.24. The van der Waals surface area contributed by atoms with Gasteiger partial charge in [0.05, 0.1) is 16.4 Å². The molecule has 114 valence electrons. The van der Waals surface area contributed by atoms with E-state index in [1.807, 2.05) is 17.8 Å². The normalized spacial score (nSPS) is 14.6. The number of rotatable bonds is 8. The minimum Gasteiger partial charge on any atom is -0.316 e. The molecule has 1 aromatic heterocycles. The lowest BCUT2D eigenvalue weighted by Crippen LogP contribution is -2.34. The minimum atomic E-state index is -0.0165. The number of hydrogen-bond acceptors (Lipinski definition) is 2. The van der Waals surface area contributed by atoms with E-state index in [1.165, 1.54) is 0 Å². The maximum absolute atomic E-state index is 6.44. The molecule has 0 aromatic carbocycles. The number of hydrogen-bond donors (Lipinski definition) is 1. The summed E-state index contributed by atoms with van der Waals surface area (Å²) in [6, 6.07) is 0. The molecule has 1 rings (SSSR count). The lowest BCUT2D eigenvalue weighted by atomic mass is 9.85. The number of nitrogens with zero attached hydrogens (tertiary/aromatic N) is 2. The molecule has 0 saturated heterocycles. The highest BCUT2D eigenvalue weighted by molar-refractivity contribution is 6.31. The van der Waals surface area contributed by atoms with Crippen molar-refractivity contribution in [1.29, 1.82) is 0 Å². The molecule has 1 atom stereocenters. The van der Waals surface area contributed by atoms with E-state index >= 15 is 0 Å². The van der Waals surface area contributed by atoms with E-state index in [1.54, 1.807) is 0 Å². The molecule has 1 N–H and O–H groups in total. The fraction of sp³-hybridized carbons (Fsp3) is 0.688. The van der Waals surface area contributed by atoms with Crippen LogP contribution in [0.1, 0.15) is 39.1 Å². The van der Waals surface area contributed by atoms with Gasteiger partial charge in [0.15, 0.2) is 0 Å². The predicted molar refractivity (Wildman–Crippen MR) is 87.3 cm³/mol.